The van der Waals surface area contributed by atoms with Crippen molar-refractivity contribution in [1.29, 1.82) is 0 Å². The van der Waals surface area contributed by atoms with Gasteiger partial charge in [-0.1, -0.05) is 0 Å². The molecule has 0 rings (SSSR count). The van der Waals surface area contributed by atoms with Crippen molar-refractivity contribution in [2.24, 2.45) is 0 Å². The van der Waals surface area contributed by atoms with Gasteiger partial charge < -0.3 is 0 Å². The Morgan fingerprint density at radius 2 is 1.33 bits per heavy atom. The Balaban J connectivity index is 0. The summed E-state index contributed by atoms with van der Waals surface area (Å²) in [5.74, 6) is 0. The minimum Gasteiger partial charge on any atom is -0.211 e. The van der Waals surface area contributed by atoms with Gasteiger partial charge in [-0.15, -0.1) is 0 Å². The van der Waals surface area contributed by atoms with Crippen molar-refractivity contribution in [3.8, 4) is 0 Å². The summed E-state index contributed by atoms with van der Waals surface area (Å²) in [6, 6.07) is 0. The SMILES string of the molecule is CC(F)(F)Cl.CC(F)F. The standard InChI is InChI=1S/C2H3ClF2.C2H4F2/c1-2(3,4)5;1-2(3)4/h1H3;2H,1H3. The summed E-state index contributed by atoms with van der Waals surface area (Å²) in [7, 11) is 0. The molecule has 0 saturated heterocycles. The van der Waals surface area contributed by atoms with Crippen LogP contribution < -0.4 is 0 Å². The third-order valence-electron chi connectivity index (χ3n) is 0. The predicted molar refractivity (Wildman–Crippen MR) is 28.2 cm³/mol. The highest BCUT2D eigenvalue weighted by Gasteiger charge is 2.12. The molecule has 0 unspecified atom stereocenters. The molecular formula is C4H7ClF4. The van der Waals surface area contributed by atoms with E-state index in [4.69, 9.17) is 0 Å². The van der Waals surface area contributed by atoms with E-state index < -0.39 is 11.8 Å². The molecule has 5 heteroatoms. The first-order valence-electron chi connectivity index (χ1n) is 2.08. The van der Waals surface area contributed by atoms with Gasteiger partial charge in [0.25, 0.3) is 0 Å². The largest absolute Gasteiger partial charge is 0.318 e. The molecule has 0 N–H and O–H groups in total. The molecule has 0 amide bonds. The van der Waals surface area contributed by atoms with Crippen LogP contribution >= 0.6 is 11.6 Å². The second-order valence-electron chi connectivity index (χ2n) is 1.30. The van der Waals surface area contributed by atoms with E-state index in [1.54, 1.807) is 0 Å². The molecule has 0 atom stereocenters. The molecule has 0 aliphatic carbocycles. The third-order valence-corrected chi connectivity index (χ3v) is 0. The van der Waals surface area contributed by atoms with Gasteiger partial charge in [0.2, 0.25) is 6.43 Å². The second-order valence-corrected chi connectivity index (χ2v) is 1.96. The maximum Gasteiger partial charge on any atom is 0.318 e. The summed E-state index contributed by atoms with van der Waals surface area (Å²) in [6.45, 7) is 1.45. The van der Waals surface area contributed by atoms with Gasteiger partial charge in [-0.3, -0.25) is 0 Å². The van der Waals surface area contributed by atoms with Gasteiger partial charge in [-0.05, 0) is 18.5 Å². The zero-order chi connectivity index (χ0) is 8.08. The molecule has 0 saturated carbocycles. The fourth-order valence-electron chi connectivity index (χ4n) is 0. The van der Waals surface area contributed by atoms with Crippen molar-refractivity contribution < 1.29 is 17.6 Å². The summed E-state index contributed by atoms with van der Waals surface area (Å²) in [4.78, 5) is 0. The molecule has 0 nitrogen and oxygen atoms in total. The van der Waals surface area contributed by atoms with Crippen LogP contribution in [-0.2, 0) is 0 Å². The van der Waals surface area contributed by atoms with Gasteiger partial charge in [0.05, 0.1) is 0 Å². The molecular weight excluding hydrogens is 159 g/mol. The number of hydrogen-bond acceptors (Lipinski definition) is 0. The van der Waals surface area contributed by atoms with Crippen LogP contribution in [0.25, 0.3) is 0 Å². The lowest BCUT2D eigenvalue weighted by Crippen LogP contribution is -1.92. The van der Waals surface area contributed by atoms with Gasteiger partial charge in [0.15, 0.2) is 0 Å². The lowest BCUT2D eigenvalue weighted by atomic mass is 10.9. The molecule has 0 aliphatic rings. The zero-order valence-corrected chi connectivity index (χ0v) is 5.72. The summed E-state index contributed by atoms with van der Waals surface area (Å²) >= 11 is 4.20. The molecule has 0 aromatic rings. The highest BCUT2D eigenvalue weighted by Crippen LogP contribution is 2.15. The van der Waals surface area contributed by atoms with Crippen LogP contribution in [0.15, 0.2) is 0 Å². The Bertz CT molecular complexity index is 49.3. The average molecular weight is 167 g/mol. The fraction of sp³-hybridized carbons (Fsp3) is 1.00. The monoisotopic (exact) mass is 166 g/mol. The first kappa shape index (κ1) is 11.8. The second kappa shape index (κ2) is 4.85. The maximum atomic E-state index is 10.8. The molecule has 0 spiro atoms. The van der Waals surface area contributed by atoms with Crippen LogP contribution in [0.2, 0.25) is 0 Å². The third kappa shape index (κ3) is 2890000. The van der Waals surface area contributed by atoms with E-state index >= 15 is 0 Å². The molecule has 9 heavy (non-hydrogen) atoms. The molecule has 0 aliphatic heterocycles. The van der Waals surface area contributed by atoms with E-state index in [9.17, 15) is 17.6 Å². The zero-order valence-electron chi connectivity index (χ0n) is 4.97. The van der Waals surface area contributed by atoms with Crippen LogP contribution in [0, 0.1) is 0 Å². The Labute approximate surface area is 55.8 Å². The maximum absolute atomic E-state index is 10.8. The fourth-order valence-corrected chi connectivity index (χ4v) is 0. The number of hydrogen-bond donors (Lipinski definition) is 0. The Kier molecular flexibility index (Phi) is 6.34. The van der Waals surface area contributed by atoms with Crippen LogP contribution in [0.4, 0.5) is 17.6 Å². The lowest BCUT2D eigenvalue weighted by molar-refractivity contribution is 0.119. The Hall–Kier alpha value is 0.01000. The van der Waals surface area contributed by atoms with E-state index in [1.807, 2.05) is 0 Å². The molecule has 0 radical (unpaired) electrons. The van der Waals surface area contributed by atoms with E-state index in [2.05, 4.69) is 11.6 Å². The summed E-state index contributed by atoms with van der Waals surface area (Å²) in [5.41, 5.74) is 0. The smallest absolute Gasteiger partial charge is 0.211 e. The molecule has 0 bridgehead atoms. The summed E-state index contributed by atoms with van der Waals surface area (Å²) in [5, 5.41) is -3.03. The highest BCUT2D eigenvalue weighted by molar-refractivity contribution is 6.21. The van der Waals surface area contributed by atoms with Crippen LogP contribution in [0.5, 0.6) is 0 Å². The van der Waals surface area contributed by atoms with Crippen LogP contribution in [-0.4, -0.2) is 11.8 Å². The average Bonchev–Trinajstić information content (AvgIpc) is 1.19. The number of halogens is 5. The van der Waals surface area contributed by atoms with E-state index in [0.29, 0.717) is 6.92 Å². The highest BCUT2D eigenvalue weighted by atomic mass is 35.5. The van der Waals surface area contributed by atoms with E-state index in [-0.39, 0.29) is 0 Å². The van der Waals surface area contributed by atoms with Gasteiger partial charge in [0.1, 0.15) is 0 Å². The summed E-state index contributed by atoms with van der Waals surface area (Å²) in [6.07, 6.45) is -2.17. The number of rotatable bonds is 0. The van der Waals surface area contributed by atoms with Crippen molar-refractivity contribution in [2.45, 2.75) is 25.7 Å². The Morgan fingerprint density at radius 3 is 1.33 bits per heavy atom. The van der Waals surface area contributed by atoms with Crippen LogP contribution in [0.1, 0.15) is 13.8 Å². The van der Waals surface area contributed by atoms with Crippen LogP contribution in [0.3, 0.4) is 0 Å². The quantitative estimate of drug-likeness (QED) is 0.383. The minimum atomic E-state index is -3.03. The topological polar surface area (TPSA) is 0 Å². The van der Waals surface area contributed by atoms with Gasteiger partial charge in [0, 0.05) is 6.92 Å². The minimum absolute atomic E-state index is 0.620. The molecule has 58 valence electrons. The van der Waals surface area contributed by atoms with Crippen molar-refractivity contribution in [2.75, 3.05) is 0 Å². The van der Waals surface area contributed by atoms with Crippen molar-refractivity contribution in [1.82, 2.24) is 0 Å². The molecule has 0 heterocycles. The first-order chi connectivity index (χ1) is 3.73. The summed E-state index contributed by atoms with van der Waals surface area (Å²) < 4.78 is 42.2. The normalized spacial score (nSPS) is 10.7. The first-order valence-corrected chi connectivity index (χ1v) is 2.46. The van der Waals surface area contributed by atoms with Crippen molar-refractivity contribution >= 4 is 11.6 Å². The molecule has 0 fully saturated rings. The van der Waals surface area contributed by atoms with E-state index in [0.717, 1.165) is 6.92 Å². The molecule has 0 aromatic carbocycles. The van der Waals surface area contributed by atoms with Crippen molar-refractivity contribution in [3.63, 3.8) is 0 Å². The number of alkyl halides is 5. The van der Waals surface area contributed by atoms with Crippen molar-refractivity contribution in [3.05, 3.63) is 0 Å². The van der Waals surface area contributed by atoms with Gasteiger partial charge in [-0.2, -0.15) is 8.78 Å². The van der Waals surface area contributed by atoms with Gasteiger partial charge >= 0.3 is 5.38 Å². The van der Waals surface area contributed by atoms with E-state index in [1.165, 1.54) is 0 Å². The Morgan fingerprint density at radius 1 is 1.33 bits per heavy atom. The lowest BCUT2D eigenvalue weighted by Gasteiger charge is -1.90. The predicted octanol–water partition coefficient (Wildman–Crippen LogP) is 3.11. The van der Waals surface area contributed by atoms with Gasteiger partial charge in [-0.25, -0.2) is 8.78 Å². The molecule has 0 aromatic heterocycles.